The third-order valence-electron chi connectivity index (χ3n) is 5.11. The highest BCUT2D eigenvalue weighted by molar-refractivity contribution is 5.85. The van der Waals surface area contributed by atoms with Crippen LogP contribution in [0.2, 0.25) is 0 Å². The van der Waals surface area contributed by atoms with Gasteiger partial charge in [-0.05, 0) is 48.4 Å². The van der Waals surface area contributed by atoms with Gasteiger partial charge in [-0.1, -0.05) is 6.07 Å². The van der Waals surface area contributed by atoms with Crippen molar-refractivity contribution in [2.45, 2.75) is 6.42 Å². The van der Waals surface area contributed by atoms with Gasteiger partial charge in [0.25, 0.3) is 0 Å². The minimum absolute atomic E-state index is 0. The van der Waals surface area contributed by atoms with Gasteiger partial charge < -0.3 is 19.1 Å². The van der Waals surface area contributed by atoms with Crippen LogP contribution in [0.1, 0.15) is 5.56 Å². The number of piperazine rings is 1. The minimum Gasteiger partial charge on any atom is -0.492 e. The maximum atomic E-state index is 12.9. The Hall–Kier alpha value is -1.73. The molecule has 0 saturated carbocycles. The summed E-state index contributed by atoms with van der Waals surface area (Å²) in [6, 6.07) is 12.4. The van der Waals surface area contributed by atoms with Crippen molar-refractivity contribution in [2.75, 3.05) is 52.7 Å². The standard InChI is InChI=1S/C21H25FN2O3.2ClH/c22-18-2-4-19(5-3-18)25-14-13-24-11-9-23(10-12-24)8-7-17-1-6-20-21(15-17)27-16-26-20;;/h1-6,15H,7-14,16H2;2*1H. The fourth-order valence-electron chi connectivity index (χ4n) is 3.44. The predicted molar refractivity (Wildman–Crippen MR) is 116 cm³/mol. The summed E-state index contributed by atoms with van der Waals surface area (Å²) in [5.41, 5.74) is 1.29. The highest BCUT2D eigenvalue weighted by Crippen LogP contribution is 2.32. The summed E-state index contributed by atoms with van der Waals surface area (Å²) in [5.74, 6) is 2.19. The van der Waals surface area contributed by atoms with Crippen LogP contribution >= 0.6 is 24.8 Å². The molecule has 8 heteroatoms. The number of benzene rings is 2. The molecule has 0 aromatic heterocycles. The van der Waals surface area contributed by atoms with E-state index in [0.29, 0.717) is 13.4 Å². The van der Waals surface area contributed by atoms with Crippen LogP contribution < -0.4 is 14.2 Å². The van der Waals surface area contributed by atoms with E-state index in [1.54, 1.807) is 12.1 Å². The first-order valence-corrected chi connectivity index (χ1v) is 9.48. The zero-order chi connectivity index (χ0) is 18.5. The van der Waals surface area contributed by atoms with Gasteiger partial charge >= 0.3 is 0 Å². The van der Waals surface area contributed by atoms with Gasteiger partial charge in [-0.3, -0.25) is 4.90 Å². The molecule has 2 aromatic carbocycles. The summed E-state index contributed by atoms with van der Waals surface area (Å²) in [6.07, 6.45) is 1.02. The summed E-state index contributed by atoms with van der Waals surface area (Å²) >= 11 is 0. The van der Waals surface area contributed by atoms with Crippen molar-refractivity contribution in [1.29, 1.82) is 0 Å². The molecule has 1 saturated heterocycles. The Kier molecular flexibility index (Phi) is 9.30. The molecule has 2 heterocycles. The second-order valence-corrected chi connectivity index (χ2v) is 6.92. The first kappa shape index (κ1) is 23.5. The van der Waals surface area contributed by atoms with Gasteiger partial charge in [0.2, 0.25) is 6.79 Å². The Balaban J connectivity index is 0.00000150. The molecule has 2 aromatic rings. The van der Waals surface area contributed by atoms with Crippen molar-refractivity contribution in [3.05, 3.63) is 53.8 Å². The van der Waals surface area contributed by atoms with Crippen molar-refractivity contribution in [2.24, 2.45) is 0 Å². The fraction of sp³-hybridized carbons (Fsp3) is 0.429. The molecule has 0 N–H and O–H groups in total. The molecule has 1 fully saturated rings. The van der Waals surface area contributed by atoms with E-state index in [1.165, 1.54) is 17.7 Å². The Bertz CT molecular complexity index is 756. The first-order valence-electron chi connectivity index (χ1n) is 9.48. The van der Waals surface area contributed by atoms with Crippen molar-refractivity contribution in [3.8, 4) is 17.2 Å². The molecule has 0 atom stereocenters. The molecule has 0 amide bonds. The fourth-order valence-corrected chi connectivity index (χ4v) is 3.44. The molecule has 2 aliphatic rings. The van der Waals surface area contributed by atoms with E-state index in [4.69, 9.17) is 14.2 Å². The summed E-state index contributed by atoms with van der Waals surface area (Å²) in [6.45, 7) is 7.14. The number of ether oxygens (including phenoxy) is 3. The second-order valence-electron chi connectivity index (χ2n) is 6.92. The van der Waals surface area contributed by atoms with E-state index >= 15 is 0 Å². The highest BCUT2D eigenvalue weighted by Gasteiger charge is 2.17. The van der Waals surface area contributed by atoms with Gasteiger partial charge in [-0.15, -0.1) is 24.8 Å². The molecule has 4 rings (SSSR count). The zero-order valence-corrected chi connectivity index (χ0v) is 17.9. The molecule has 2 aliphatic heterocycles. The van der Waals surface area contributed by atoms with Crippen LogP contribution in [0.15, 0.2) is 42.5 Å². The van der Waals surface area contributed by atoms with Crippen molar-refractivity contribution in [1.82, 2.24) is 9.80 Å². The highest BCUT2D eigenvalue weighted by atomic mass is 35.5. The third-order valence-corrected chi connectivity index (χ3v) is 5.11. The second kappa shape index (κ2) is 11.5. The maximum Gasteiger partial charge on any atom is 0.231 e. The van der Waals surface area contributed by atoms with Crippen LogP contribution in [0.3, 0.4) is 0 Å². The van der Waals surface area contributed by atoms with Gasteiger partial charge in [-0.2, -0.15) is 0 Å². The summed E-state index contributed by atoms with van der Waals surface area (Å²) in [4.78, 5) is 4.92. The molecule has 0 aliphatic carbocycles. The monoisotopic (exact) mass is 444 g/mol. The SMILES string of the molecule is Cl.Cl.Fc1ccc(OCCN2CCN(CCc3ccc4c(c3)OCO4)CC2)cc1. The molecule has 5 nitrogen and oxygen atoms in total. The van der Waals surface area contributed by atoms with Gasteiger partial charge in [0.05, 0.1) is 0 Å². The van der Waals surface area contributed by atoms with Crippen molar-refractivity contribution < 1.29 is 18.6 Å². The topological polar surface area (TPSA) is 34.2 Å². The summed E-state index contributed by atoms with van der Waals surface area (Å²) < 4.78 is 29.4. The van der Waals surface area contributed by atoms with E-state index in [1.807, 2.05) is 6.07 Å². The predicted octanol–water partition coefficient (Wildman–Crippen LogP) is 3.64. The quantitative estimate of drug-likeness (QED) is 0.650. The summed E-state index contributed by atoms with van der Waals surface area (Å²) in [5, 5.41) is 0. The van der Waals surface area contributed by atoms with Crippen LogP contribution in [-0.2, 0) is 6.42 Å². The number of halogens is 3. The Labute approximate surface area is 183 Å². The van der Waals surface area contributed by atoms with E-state index in [0.717, 1.165) is 62.9 Å². The average molecular weight is 445 g/mol. The smallest absolute Gasteiger partial charge is 0.231 e. The number of rotatable bonds is 7. The minimum atomic E-state index is -0.237. The molecular weight excluding hydrogens is 418 g/mol. The lowest BCUT2D eigenvalue weighted by Gasteiger charge is -2.34. The molecule has 0 radical (unpaired) electrons. The average Bonchev–Trinajstić information content (AvgIpc) is 3.17. The lowest BCUT2D eigenvalue weighted by Crippen LogP contribution is -2.47. The third kappa shape index (κ3) is 6.64. The molecule has 29 heavy (non-hydrogen) atoms. The number of nitrogens with zero attached hydrogens (tertiary/aromatic N) is 2. The van der Waals surface area contributed by atoms with E-state index in [9.17, 15) is 4.39 Å². The van der Waals surface area contributed by atoms with Crippen LogP contribution in [0, 0.1) is 5.82 Å². The van der Waals surface area contributed by atoms with E-state index in [-0.39, 0.29) is 30.6 Å². The van der Waals surface area contributed by atoms with Crippen molar-refractivity contribution >= 4 is 24.8 Å². The Morgan fingerprint density at radius 3 is 2.21 bits per heavy atom. The Morgan fingerprint density at radius 1 is 0.828 bits per heavy atom. The molecule has 160 valence electrons. The largest absolute Gasteiger partial charge is 0.492 e. The molecular formula is C21H27Cl2FN2O3. The van der Waals surface area contributed by atoms with E-state index in [2.05, 4.69) is 21.9 Å². The lowest BCUT2D eigenvalue weighted by atomic mass is 10.1. The molecule has 0 bridgehead atoms. The van der Waals surface area contributed by atoms with Crippen LogP contribution in [0.25, 0.3) is 0 Å². The summed E-state index contributed by atoms with van der Waals surface area (Å²) in [7, 11) is 0. The Morgan fingerprint density at radius 2 is 1.48 bits per heavy atom. The number of hydrogen-bond acceptors (Lipinski definition) is 5. The van der Waals surface area contributed by atoms with Crippen LogP contribution in [0.5, 0.6) is 17.2 Å². The number of fused-ring (bicyclic) bond motifs is 1. The maximum absolute atomic E-state index is 12.9. The van der Waals surface area contributed by atoms with Gasteiger partial charge in [0.15, 0.2) is 11.5 Å². The molecule has 0 spiro atoms. The zero-order valence-electron chi connectivity index (χ0n) is 16.2. The van der Waals surface area contributed by atoms with Crippen molar-refractivity contribution in [3.63, 3.8) is 0 Å². The van der Waals surface area contributed by atoms with Crippen LogP contribution in [0.4, 0.5) is 4.39 Å². The van der Waals surface area contributed by atoms with Crippen LogP contribution in [-0.4, -0.2) is 62.5 Å². The first-order chi connectivity index (χ1) is 13.3. The normalized spacial score (nSPS) is 16.0. The van der Waals surface area contributed by atoms with E-state index < -0.39 is 0 Å². The molecule has 0 unspecified atom stereocenters. The van der Waals surface area contributed by atoms with Gasteiger partial charge in [0, 0.05) is 39.3 Å². The number of hydrogen-bond donors (Lipinski definition) is 0. The van der Waals surface area contributed by atoms with Gasteiger partial charge in [-0.25, -0.2) is 4.39 Å². The lowest BCUT2D eigenvalue weighted by molar-refractivity contribution is 0.118. The van der Waals surface area contributed by atoms with Gasteiger partial charge in [0.1, 0.15) is 18.2 Å².